The summed E-state index contributed by atoms with van der Waals surface area (Å²) in [6.07, 6.45) is 2.16. The van der Waals surface area contributed by atoms with Crippen molar-refractivity contribution < 1.29 is 20.1 Å². The number of fused-ring (bicyclic) bond motifs is 1. The van der Waals surface area contributed by atoms with Gasteiger partial charge in [0.05, 0.1) is 0 Å². The Labute approximate surface area is 123 Å². The molecule has 0 aliphatic rings. The summed E-state index contributed by atoms with van der Waals surface area (Å²) < 4.78 is 0. The second-order valence-corrected chi connectivity index (χ2v) is 5.28. The molecule has 0 aliphatic heterocycles. The maximum absolute atomic E-state index is 11.5. The fourth-order valence-corrected chi connectivity index (χ4v) is 2.83. The summed E-state index contributed by atoms with van der Waals surface area (Å²) in [5, 5.41) is 30.8. The second-order valence-electron chi connectivity index (χ2n) is 5.28. The molecule has 0 amide bonds. The van der Waals surface area contributed by atoms with Gasteiger partial charge in [0.15, 0.2) is 11.5 Å². The largest absolute Gasteiger partial charge is 0.504 e. The fourth-order valence-electron chi connectivity index (χ4n) is 2.83. The molecule has 4 nitrogen and oxygen atoms in total. The first-order valence-corrected chi connectivity index (χ1v) is 7.15. The number of carbonyl (C=O) groups is 1. The van der Waals surface area contributed by atoms with Crippen LogP contribution in [-0.2, 0) is 12.8 Å². The summed E-state index contributed by atoms with van der Waals surface area (Å²) in [5.74, 6) is -2.09. The number of hydrogen-bond donors (Lipinski definition) is 3. The first-order valence-electron chi connectivity index (χ1n) is 7.15. The van der Waals surface area contributed by atoms with E-state index in [1.807, 2.05) is 32.9 Å². The monoisotopic (exact) mass is 288 g/mol. The first kappa shape index (κ1) is 15.2. The molecule has 112 valence electrons. The van der Waals surface area contributed by atoms with Gasteiger partial charge in [0.25, 0.3) is 0 Å². The number of phenols is 2. The van der Waals surface area contributed by atoms with E-state index in [2.05, 4.69) is 0 Å². The Bertz CT molecular complexity index is 717. The van der Waals surface area contributed by atoms with Crippen molar-refractivity contribution in [1.29, 1.82) is 0 Å². The molecule has 0 bridgehead atoms. The zero-order valence-electron chi connectivity index (χ0n) is 12.5. The molecule has 0 atom stereocenters. The van der Waals surface area contributed by atoms with Gasteiger partial charge in [-0.3, -0.25) is 0 Å². The molecule has 0 heterocycles. The van der Waals surface area contributed by atoms with Crippen molar-refractivity contribution in [2.45, 2.75) is 40.0 Å². The number of carboxylic acid groups (broad SMARTS) is 1. The van der Waals surface area contributed by atoms with E-state index in [4.69, 9.17) is 0 Å². The van der Waals surface area contributed by atoms with Gasteiger partial charge in [0.2, 0.25) is 0 Å². The minimum Gasteiger partial charge on any atom is -0.504 e. The van der Waals surface area contributed by atoms with Gasteiger partial charge >= 0.3 is 5.97 Å². The molecular formula is C17H20O4. The Kier molecular flexibility index (Phi) is 4.07. The van der Waals surface area contributed by atoms with E-state index in [9.17, 15) is 20.1 Å². The molecule has 21 heavy (non-hydrogen) atoms. The molecule has 0 fully saturated rings. The summed E-state index contributed by atoms with van der Waals surface area (Å²) in [5.41, 5.74) is 2.49. The van der Waals surface area contributed by atoms with E-state index in [-0.39, 0.29) is 11.3 Å². The van der Waals surface area contributed by atoms with Gasteiger partial charge in [-0.25, -0.2) is 4.79 Å². The summed E-state index contributed by atoms with van der Waals surface area (Å²) in [6.45, 7) is 5.95. The molecule has 0 unspecified atom stereocenters. The predicted molar refractivity (Wildman–Crippen MR) is 82.3 cm³/mol. The second kappa shape index (κ2) is 5.64. The molecule has 2 aromatic rings. The Hall–Kier alpha value is -2.23. The molecular weight excluding hydrogens is 268 g/mol. The van der Waals surface area contributed by atoms with E-state index in [0.717, 1.165) is 24.0 Å². The van der Waals surface area contributed by atoms with E-state index in [0.29, 0.717) is 22.8 Å². The zero-order chi connectivity index (χ0) is 15.7. The third kappa shape index (κ3) is 2.42. The molecule has 0 aromatic heterocycles. The van der Waals surface area contributed by atoms with Crippen molar-refractivity contribution >= 4 is 16.7 Å². The molecule has 2 rings (SSSR count). The fraction of sp³-hybridized carbons (Fsp3) is 0.353. The van der Waals surface area contributed by atoms with Crippen molar-refractivity contribution in [3.63, 3.8) is 0 Å². The minimum atomic E-state index is -1.23. The maximum Gasteiger partial charge on any atom is 0.340 e. The quantitative estimate of drug-likeness (QED) is 0.748. The molecule has 0 saturated carbocycles. The third-order valence-electron chi connectivity index (χ3n) is 3.91. The lowest BCUT2D eigenvalue weighted by Gasteiger charge is -2.16. The van der Waals surface area contributed by atoms with Crippen molar-refractivity contribution in [2.75, 3.05) is 0 Å². The number of aryl methyl sites for hydroxylation is 3. The Morgan fingerprint density at radius 3 is 2.29 bits per heavy atom. The van der Waals surface area contributed by atoms with Gasteiger partial charge < -0.3 is 15.3 Å². The van der Waals surface area contributed by atoms with Crippen LogP contribution in [0.1, 0.15) is 47.3 Å². The summed E-state index contributed by atoms with van der Waals surface area (Å²) in [4.78, 5) is 11.5. The summed E-state index contributed by atoms with van der Waals surface area (Å²) in [6, 6.07) is 3.72. The van der Waals surface area contributed by atoms with Crippen LogP contribution in [0.3, 0.4) is 0 Å². The highest BCUT2D eigenvalue weighted by Crippen LogP contribution is 2.41. The average molecular weight is 288 g/mol. The first-order chi connectivity index (χ1) is 9.92. The van der Waals surface area contributed by atoms with Gasteiger partial charge in [-0.2, -0.15) is 0 Å². The third-order valence-corrected chi connectivity index (χ3v) is 3.91. The van der Waals surface area contributed by atoms with E-state index < -0.39 is 11.7 Å². The highest BCUT2D eigenvalue weighted by Gasteiger charge is 2.23. The summed E-state index contributed by atoms with van der Waals surface area (Å²) >= 11 is 0. The number of rotatable bonds is 4. The minimum absolute atomic E-state index is 0.225. The normalized spacial score (nSPS) is 11.0. The van der Waals surface area contributed by atoms with E-state index in [1.54, 1.807) is 0 Å². The van der Waals surface area contributed by atoms with Crippen LogP contribution in [0.5, 0.6) is 11.5 Å². The Morgan fingerprint density at radius 1 is 1.10 bits per heavy atom. The molecule has 4 heteroatoms. The molecule has 3 N–H and O–H groups in total. The molecule has 0 radical (unpaired) electrons. The van der Waals surface area contributed by atoms with E-state index >= 15 is 0 Å². The van der Waals surface area contributed by atoms with Crippen LogP contribution >= 0.6 is 0 Å². The van der Waals surface area contributed by atoms with Crippen LogP contribution in [0.2, 0.25) is 0 Å². The number of carboxylic acids is 1. The van der Waals surface area contributed by atoms with Gasteiger partial charge in [-0.05, 0) is 42.3 Å². The zero-order valence-corrected chi connectivity index (χ0v) is 12.5. The van der Waals surface area contributed by atoms with Crippen LogP contribution in [0, 0.1) is 6.92 Å². The lowest BCUT2D eigenvalue weighted by molar-refractivity contribution is 0.0695. The predicted octanol–water partition coefficient (Wildman–Crippen LogP) is 3.77. The van der Waals surface area contributed by atoms with E-state index in [1.165, 1.54) is 0 Å². The van der Waals surface area contributed by atoms with Crippen molar-refractivity contribution in [2.24, 2.45) is 0 Å². The Morgan fingerprint density at radius 2 is 1.76 bits per heavy atom. The van der Waals surface area contributed by atoms with Crippen molar-refractivity contribution in [3.05, 3.63) is 34.4 Å². The number of aromatic hydroxyl groups is 2. The topological polar surface area (TPSA) is 77.8 Å². The van der Waals surface area contributed by atoms with Gasteiger partial charge in [-0.1, -0.05) is 26.3 Å². The number of benzene rings is 2. The highest BCUT2D eigenvalue weighted by molar-refractivity contribution is 6.09. The Balaban J connectivity index is 2.99. The smallest absolute Gasteiger partial charge is 0.340 e. The lowest BCUT2D eigenvalue weighted by Crippen LogP contribution is -2.02. The van der Waals surface area contributed by atoms with Crippen LogP contribution in [0.4, 0.5) is 0 Å². The molecule has 2 aromatic carbocycles. The maximum atomic E-state index is 11.5. The van der Waals surface area contributed by atoms with Crippen molar-refractivity contribution in [3.8, 4) is 11.5 Å². The van der Waals surface area contributed by atoms with Gasteiger partial charge in [-0.15, -0.1) is 0 Å². The standard InChI is InChI=1S/C17H20O4/c1-4-6-11-12-7-9(3)10(5-2)8-13(12)14(17(20)21)16(19)15(11)18/h7-8,18-19H,4-6H2,1-3H3,(H,20,21). The average Bonchev–Trinajstić information content (AvgIpc) is 2.44. The van der Waals surface area contributed by atoms with Gasteiger partial charge in [0, 0.05) is 10.9 Å². The van der Waals surface area contributed by atoms with Crippen LogP contribution in [0.25, 0.3) is 10.8 Å². The number of aromatic carboxylic acids is 1. The summed E-state index contributed by atoms with van der Waals surface area (Å²) in [7, 11) is 0. The number of phenolic OH excluding ortho intramolecular Hbond substituents is 1. The van der Waals surface area contributed by atoms with Crippen molar-refractivity contribution in [1.82, 2.24) is 0 Å². The molecule has 0 saturated heterocycles. The van der Waals surface area contributed by atoms with Crippen LogP contribution < -0.4 is 0 Å². The van der Waals surface area contributed by atoms with Gasteiger partial charge in [0.1, 0.15) is 5.56 Å². The highest BCUT2D eigenvalue weighted by atomic mass is 16.4. The van der Waals surface area contributed by atoms with Crippen LogP contribution in [0.15, 0.2) is 12.1 Å². The number of hydrogen-bond acceptors (Lipinski definition) is 3. The lowest BCUT2D eigenvalue weighted by atomic mass is 9.91. The molecule has 0 aliphatic carbocycles. The SMILES string of the molecule is CCCc1c(O)c(O)c(C(=O)O)c2cc(CC)c(C)cc12. The van der Waals surface area contributed by atoms with Crippen LogP contribution in [-0.4, -0.2) is 21.3 Å². The molecule has 0 spiro atoms.